The Morgan fingerprint density at radius 3 is 2.56 bits per heavy atom. The van der Waals surface area contributed by atoms with Crippen LogP contribution in [0.15, 0.2) is 48.7 Å². The van der Waals surface area contributed by atoms with Gasteiger partial charge >= 0.3 is 0 Å². The van der Waals surface area contributed by atoms with Gasteiger partial charge in [-0.2, -0.15) is 0 Å². The van der Waals surface area contributed by atoms with Crippen molar-refractivity contribution >= 4 is 0 Å². The molecule has 0 bridgehead atoms. The molecule has 1 aliphatic heterocycles. The van der Waals surface area contributed by atoms with Crippen molar-refractivity contribution in [1.82, 2.24) is 15.2 Å². The van der Waals surface area contributed by atoms with Gasteiger partial charge in [-0.05, 0) is 62.2 Å². The van der Waals surface area contributed by atoms with Crippen LogP contribution in [0, 0.1) is 0 Å². The molecule has 2 heterocycles. The Balaban J connectivity index is 1.31. The number of hydrogen-bond acceptors (Lipinski definition) is 4. The van der Waals surface area contributed by atoms with Gasteiger partial charge in [-0.25, -0.2) is 0 Å². The van der Waals surface area contributed by atoms with E-state index in [0.717, 1.165) is 31.7 Å². The molecule has 0 radical (unpaired) electrons. The number of likely N-dealkylation sites (tertiary alicyclic amines) is 1. The normalized spacial score (nSPS) is 16.0. The number of aromatic nitrogens is 1. The minimum Gasteiger partial charge on any atom is -0.497 e. The van der Waals surface area contributed by atoms with Gasteiger partial charge in [0, 0.05) is 37.4 Å². The molecule has 4 heteroatoms. The van der Waals surface area contributed by atoms with Gasteiger partial charge < -0.3 is 15.0 Å². The summed E-state index contributed by atoms with van der Waals surface area (Å²) in [5.41, 5.74) is 2.56. The van der Waals surface area contributed by atoms with Gasteiger partial charge in [0.25, 0.3) is 0 Å². The molecular formula is C21H29N3O. The van der Waals surface area contributed by atoms with Crippen LogP contribution in [0.4, 0.5) is 0 Å². The summed E-state index contributed by atoms with van der Waals surface area (Å²) in [6, 6.07) is 15.2. The summed E-state index contributed by atoms with van der Waals surface area (Å²) in [6.45, 7) is 4.55. The molecule has 1 N–H and O–H groups in total. The first kappa shape index (κ1) is 17.9. The van der Waals surface area contributed by atoms with Crippen LogP contribution >= 0.6 is 0 Å². The molecule has 2 aromatic rings. The number of piperidine rings is 1. The topological polar surface area (TPSA) is 37.4 Å². The van der Waals surface area contributed by atoms with Crippen LogP contribution in [0.3, 0.4) is 0 Å². The first-order chi connectivity index (χ1) is 12.3. The summed E-state index contributed by atoms with van der Waals surface area (Å²) in [5, 5.41) is 3.70. The molecule has 3 rings (SSSR count). The minimum absolute atomic E-state index is 0.654. The van der Waals surface area contributed by atoms with E-state index in [1.165, 1.54) is 37.2 Å². The van der Waals surface area contributed by atoms with Gasteiger partial charge in [0.2, 0.25) is 0 Å². The van der Waals surface area contributed by atoms with Gasteiger partial charge in [0.1, 0.15) is 5.75 Å². The molecule has 0 amide bonds. The van der Waals surface area contributed by atoms with E-state index in [1.54, 1.807) is 7.11 Å². The Hall–Kier alpha value is -1.91. The van der Waals surface area contributed by atoms with E-state index in [2.05, 4.69) is 39.5 Å². The van der Waals surface area contributed by atoms with Crippen molar-refractivity contribution in [3.8, 4) is 5.75 Å². The number of pyridine rings is 1. The number of rotatable bonds is 8. The number of methoxy groups -OCH3 is 1. The summed E-state index contributed by atoms with van der Waals surface area (Å²) in [7, 11) is 1.71. The molecule has 25 heavy (non-hydrogen) atoms. The highest BCUT2D eigenvalue weighted by molar-refractivity contribution is 5.27. The van der Waals surface area contributed by atoms with Gasteiger partial charge in [-0.15, -0.1) is 0 Å². The Morgan fingerprint density at radius 2 is 1.88 bits per heavy atom. The van der Waals surface area contributed by atoms with E-state index >= 15 is 0 Å². The summed E-state index contributed by atoms with van der Waals surface area (Å²) < 4.78 is 5.21. The maximum Gasteiger partial charge on any atom is 0.118 e. The number of hydrogen-bond donors (Lipinski definition) is 1. The fraction of sp³-hybridized carbons (Fsp3) is 0.476. The second kappa shape index (κ2) is 9.54. The molecule has 0 saturated carbocycles. The number of ether oxygens (including phenoxy) is 1. The molecule has 1 fully saturated rings. The van der Waals surface area contributed by atoms with Crippen LogP contribution in [0.2, 0.25) is 0 Å². The average molecular weight is 339 g/mol. The zero-order valence-electron chi connectivity index (χ0n) is 15.2. The average Bonchev–Trinajstić information content (AvgIpc) is 2.68. The van der Waals surface area contributed by atoms with Crippen LogP contribution in [0.1, 0.15) is 24.1 Å². The highest BCUT2D eigenvalue weighted by Gasteiger charge is 2.18. The molecule has 0 spiro atoms. The predicted molar refractivity (Wildman–Crippen MR) is 102 cm³/mol. The lowest BCUT2D eigenvalue weighted by Crippen LogP contribution is -2.43. The number of benzene rings is 1. The van der Waals surface area contributed by atoms with Crippen molar-refractivity contribution in [2.45, 2.75) is 31.7 Å². The third-order valence-corrected chi connectivity index (χ3v) is 5.00. The lowest BCUT2D eigenvalue weighted by Gasteiger charge is -2.32. The van der Waals surface area contributed by atoms with Crippen molar-refractivity contribution < 1.29 is 4.74 Å². The van der Waals surface area contributed by atoms with E-state index < -0.39 is 0 Å². The van der Waals surface area contributed by atoms with Crippen LogP contribution in [0.5, 0.6) is 5.75 Å². The molecule has 1 saturated heterocycles. The fourth-order valence-corrected chi connectivity index (χ4v) is 3.39. The van der Waals surface area contributed by atoms with Crippen molar-refractivity contribution in [3.63, 3.8) is 0 Å². The molecule has 0 atom stereocenters. The lowest BCUT2D eigenvalue weighted by atomic mass is 10.0. The maximum atomic E-state index is 5.21. The summed E-state index contributed by atoms with van der Waals surface area (Å²) in [4.78, 5) is 6.97. The number of nitrogens with one attached hydrogen (secondary N) is 1. The van der Waals surface area contributed by atoms with E-state index in [-0.39, 0.29) is 0 Å². The third kappa shape index (κ3) is 5.83. The van der Waals surface area contributed by atoms with Gasteiger partial charge in [-0.1, -0.05) is 18.2 Å². The van der Waals surface area contributed by atoms with Crippen LogP contribution in [-0.2, 0) is 12.8 Å². The SMILES string of the molecule is COc1ccc(CCN2CCC(NCCc3ccccn3)CC2)cc1. The molecular weight excluding hydrogens is 310 g/mol. The standard InChI is InChI=1S/C21H29N3O/c1-25-21-7-5-18(6-8-21)10-15-24-16-11-20(12-17-24)23-14-9-19-4-2-3-13-22-19/h2-8,13,20,23H,9-12,14-17H2,1H3. The van der Waals surface area contributed by atoms with E-state index in [9.17, 15) is 0 Å². The Labute approximate surface area is 151 Å². The highest BCUT2D eigenvalue weighted by Crippen LogP contribution is 2.14. The Bertz CT molecular complexity index is 607. The van der Waals surface area contributed by atoms with Gasteiger partial charge in [0.05, 0.1) is 7.11 Å². The Morgan fingerprint density at radius 1 is 1.08 bits per heavy atom. The van der Waals surface area contributed by atoms with Crippen LogP contribution in [0.25, 0.3) is 0 Å². The quantitative estimate of drug-likeness (QED) is 0.802. The first-order valence-electron chi connectivity index (χ1n) is 9.32. The van der Waals surface area contributed by atoms with Crippen LogP contribution < -0.4 is 10.1 Å². The van der Waals surface area contributed by atoms with E-state index in [1.807, 2.05) is 24.4 Å². The van der Waals surface area contributed by atoms with Crippen LogP contribution in [-0.4, -0.2) is 49.2 Å². The second-order valence-corrected chi connectivity index (χ2v) is 6.74. The molecule has 4 nitrogen and oxygen atoms in total. The van der Waals surface area contributed by atoms with E-state index in [4.69, 9.17) is 4.74 Å². The monoisotopic (exact) mass is 339 g/mol. The predicted octanol–water partition coefficient (Wildman–Crippen LogP) is 2.93. The molecule has 134 valence electrons. The largest absolute Gasteiger partial charge is 0.497 e. The van der Waals surface area contributed by atoms with Crippen molar-refractivity contribution in [1.29, 1.82) is 0 Å². The van der Waals surface area contributed by atoms with Gasteiger partial charge in [-0.3, -0.25) is 4.98 Å². The lowest BCUT2D eigenvalue weighted by molar-refractivity contribution is 0.200. The highest BCUT2D eigenvalue weighted by atomic mass is 16.5. The summed E-state index contributed by atoms with van der Waals surface area (Å²) >= 11 is 0. The molecule has 1 aromatic carbocycles. The molecule has 0 aliphatic carbocycles. The number of nitrogens with zero attached hydrogens (tertiary/aromatic N) is 2. The maximum absolute atomic E-state index is 5.21. The first-order valence-corrected chi connectivity index (χ1v) is 9.32. The zero-order valence-corrected chi connectivity index (χ0v) is 15.2. The summed E-state index contributed by atoms with van der Waals surface area (Å²) in [5.74, 6) is 0.932. The van der Waals surface area contributed by atoms with Crippen molar-refractivity contribution in [2.24, 2.45) is 0 Å². The summed E-state index contributed by atoms with van der Waals surface area (Å²) in [6.07, 6.45) is 6.48. The second-order valence-electron chi connectivity index (χ2n) is 6.74. The third-order valence-electron chi connectivity index (χ3n) is 5.00. The molecule has 1 aromatic heterocycles. The zero-order chi connectivity index (χ0) is 17.3. The Kier molecular flexibility index (Phi) is 6.83. The smallest absolute Gasteiger partial charge is 0.118 e. The molecule has 0 unspecified atom stereocenters. The fourth-order valence-electron chi connectivity index (χ4n) is 3.39. The molecule has 1 aliphatic rings. The minimum atomic E-state index is 0.654. The van der Waals surface area contributed by atoms with E-state index in [0.29, 0.717) is 6.04 Å². The van der Waals surface area contributed by atoms with Crippen molar-refractivity contribution in [3.05, 3.63) is 59.9 Å². The van der Waals surface area contributed by atoms with Crippen molar-refractivity contribution in [2.75, 3.05) is 33.3 Å². The van der Waals surface area contributed by atoms with Gasteiger partial charge in [0.15, 0.2) is 0 Å².